The summed E-state index contributed by atoms with van der Waals surface area (Å²) in [6, 6.07) is 11.7. The van der Waals surface area contributed by atoms with Gasteiger partial charge in [-0.1, -0.05) is 37.3 Å². The van der Waals surface area contributed by atoms with E-state index < -0.39 is 0 Å². The molecule has 19 heavy (non-hydrogen) atoms. The van der Waals surface area contributed by atoms with E-state index in [1.807, 2.05) is 18.2 Å². The summed E-state index contributed by atoms with van der Waals surface area (Å²) >= 11 is 0. The zero-order chi connectivity index (χ0) is 13.5. The number of benzene rings is 1. The predicted molar refractivity (Wildman–Crippen MR) is 77.4 cm³/mol. The second-order valence-electron chi connectivity index (χ2n) is 4.47. The molecule has 4 nitrogen and oxygen atoms in total. The van der Waals surface area contributed by atoms with Gasteiger partial charge in [0.1, 0.15) is 0 Å². The lowest BCUT2D eigenvalue weighted by atomic mass is 10.1. The first-order chi connectivity index (χ1) is 9.29. The van der Waals surface area contributed by atoms with Gasteiger partial charge in [0.2, 0.25) is 0 Å². The first-order valence-electron chi connectivity index (χ1n) is 6.64. The van der Waals surface area contributed by atoms with E-state index in [0.29, 0.717) is 6.54 Å². The largest absolute Gasteiger partial charge is 0.384 e. The molecular formula is C15H19N3O. The first-order valence-corrected chi connectivity index (χ1v) is 6.64. The molecule has 1 aromatic carbocycles. The molecule has 4 heteroatoms. The fraction of sp³-hybridized carbons (Fsp3) is 0.333. The minimum atomic E-state index is -0.0583. The van der Waals surface area contributed by atoms with E-state index in [1.165, 1.54) is 10.2 Å². The molecule has 1 N–H and O–H groups in total. The van der Waals surface area contributed by atoms with Crippen LogP contribution in [0.15, 0.2) is 47.4 Å². The van der Waals surface area contributed by atoms with E-state index in [9.17, 15) is 4.79 Å². The van der Waals surface area contributed by atoms with Gasteiger partial charge >= 0.3 is 0 Å². The molecule has 0 unspecified atom stereocenters. The summed E-state index contributed by atoms with van der Waals surface area (Å²) in [4.78, 5) is 11.9. The summed E-state index contributed by atoms with van der Waals surface area (Å²) in [6.07, 6.45) is 3.55. The SMILES string of the molecule is CCCNc1cnn(CCc2ccccc2)c(=O)c1. The molecule has 0 aliphatic carbocycles. The fourth-order valence-electron chi connectivity index (χ4n) is 1.85. The molecular weight excluding hydrogens is 238 g/mol. The smallest absolute Gasteiger partial charge is 0.268 e. The van der Waals surface area contributed by atoms with Crippen molar-refractivity contribution in [3.63, 3.8) is 0 Å². The van der Waals surface area contributed by atoms with Gasteiger partial charge in [-0.25, -0.2) is 4.68 Å². The molecule has 0 radical (unpaired) electrons. The van der Waals surface area contributed by atoms with Crippen LogP contribution in [0, 0.1) is 0 Å². The van der Waals surface area contributed by atoms with Crippen molar-refractivity contribution in [1.82, 2.24) is 9.78 Å². The van der Waals surface area contributed by atoms with E-state index in [-0.39, 0.29) is 5.56 Å². The molecule has 0 aliphatic rings. The number of rotatable bonds is 6. The number of aromatic nitrogens is 2. The van der Waals surface area contributed by atoms with Gasteiger partial charge in [0.15, 0.2) is 0 Å². The highest BCUT2D eigenvalue weighted by Gasteiger charge is 2.00. The van der Waals surface area contributed by atoms with E-state index in [2.05, 4.69) is 29.5 Å². The Morgan fingerprint density at radius 3 is 2.74 bits per heavy atom. The van der Waals surface area contributed by atoms with E-state index in [0.717, 1.165) is 25.1 Å². The number of hydrogen-bond donors (Lipinski definition) is 1. The van der Waals surface area contributed by atoms with Crippen molar-refractivity contribution in [3.8, 4) is 0 Å². The summed E-state index contributed by atoms with van der Waals surface area (Å²) in [5.41, 5.74) is 1.95. The number of nitrogens with zero attached hydrogens (tertiary/aromatic N) is 2. The van der Waals surface area contributed by atoms with Crippen molar-refractivity contribution in [2.75, 3.05) is 11.9 Å². The summed E-state index contributed by atoms with van der Waals surface area (Å²) in [5, 5.41) is 7.35. The third-order valence-electron chi connectivity index (χ3n) is 2.90. The maximum absolute atomic E-state index is 11.9. The maximum Gasteiger partial charge on any atom is 0.268 e. The third kappa shape index (κ3) is 3.95. The van der Waals surface area contributed by atoms with Crippen LogP contribution in [-0.4, -0.2) is 16.3 Å². The lowest BCUT2D eigenvalue weighted by Crippen LogP contribution is -2.23. The minimum Gasteiger partial charge on any atom is -0.384 e. The molecule has 1 heterocycles. The number of aryl methyl sites for hydroxylation is 2. The molecule has 0 atom stereocenters. The van der Waals surface area contributed by atoms with Crippen molar-refractivity contribution in [1.29, 1.82) is 0 Å². The lowest BCUT2D eigenvalue weighted by Gasteiger charge is -2.07. The molecule has 2 rings (SSSR count). The second-order valence-corrected chi connectivity index (χ2v) is 4.47. The number of anilines is 1. The van der Waals surface area contributed by atoms with Gasteiger partial charge < -0.3 is 5.32 Å². The van der Waals surface area contributed by atoms with Gasteiger partial charge in [-0.05, 0) is 18.4 Å². The van der Waals surface area contributed by atoms with Crippen LogP contribution >= 0.6 is 0 Å². The topological polar surface area (TPSA) is 46.9 Å². The number of hydrogen-bond acceptors (Lipinski definition) is 3. The normalized spacial score (nSPS) is 10.4. The van der Waals surface area contributed by atoms with E-state index in [1.54, 1.807) is 12.3 Å². The Morgan fingerprint density at radius 2 is 2.05 bits per heavy atom. The fourth-order valence-corrected chi connectivity index (χ4v) is 1.85. The van der Waals surface area contributed by atoms with Crippen LogP contribution in [0.25, 0.3) is 0 Å². The standard InChI is InChI=1S/C15H19N3O/c1-2-9-16-14-11-15(19)18(17-12-14)10-8-13-6-4-3-5-7-13/h3-7,11-12,16H,2,8-10H2,1H3. The average Bonchev–Trinajstić information content (AvgIpc) is 2.45. The van der Waals surface area contributed by atoms with E-state index >= 15 is 0 Å². The zero-order valence-corrected chi connectivity index (χ0v) is 11.2. The Hall–Kier alpha value is -2.10. The van der Waals surface area contributed by atoms with Crippen molar-refractivity contribution in [2.45, 2.75) is 26.3 Å². The minimum absolute atomic E-state index is 0.0583. The van der Waals surface area contributed by atoms with Crippen LogP contribution in [0.1, 0.15) is 18.9 Å². The molecule has 2 aromatic rings. The molecule has 0 spiro atoms. The quantitative estimate of drug-likeness (QED) is 0.863. The monoisotopic (exact) mass is 257 g/mol. The Bertz CT molecular complexity index is 563. The Morgan fingerprint density at radius 1 is 1.26 bits per heavy atom. The second kappa shape index (κ2) is 6.73. The van der Waals surface area contributed by atoms with Crippen LogP contribution in [0.5, 0.6) is 0 Å². The van der Waals surface area contributed by atoms with Gasteiger partial charge in [-0.15, -0.1) is 0 Å². The van der Waals surface area contributed by atoms with Crippen molar-refractivity contribution in [2.24, 2.45) is 0 Å². The molecule has 0 bridgehead atoms. The van der Waals surface area contributed by atoms with Crippen molar-refractivity contribution < 1.29 is 0 Å². The van der Waals surface area contributed by atoms with Gasteiger partial charge in [-0.3, -0.25) is 4.79 Å². The Kier molecular flexibility index (Phi) is 4.72. The first kappa shape index (κ1) is 13.3. The summed E-state index contributed by atoms with van der Waals surface area (Å²) < 4.78 is 1.50. The van der Waals surface area contributed by atoms with Crippen LogP contribution in [0.3, 0.4) is 0 Å². The highest BCUT2D eigenvalue weighted by molar-refractivity contribution is 5.38. The van der Waals surface area contributed by atoms with Crippen LogP contribution in [0.4, 0.5) is 5.69 Å². The third-order valence-corrected chi connectivity index (χ3v) is 2.90. The van der Waals surface area contributed by atoms with Gasteiger partial charge in [-0.2, -0.15) is 5.10 Å². The zero-order valence-electron chi connectivity index (χ0n) is 11.2. The highest BCUT2D eigenvalue weighted by Crippen LogP contribution is 2.02. The molecule has 100 valence electrons. The number of nitrogens with one attached hydrogen (secondary N) is 1. The van der Waals surface area contributed by atoms with Crippen LogP contribution in [0.2, 0.25) is 0 Å². The average molecular weight is 257 g/mol. The molecule has 0 saturated heterocycles. The van der Waals surface area contributed by atoms with Crippen molar-refractivity contribution >= 4 is 5.69 Å². The Labute approximate surface area is 113 Å². The van der Waals surface area contributed by atoms with Crippen LogP contribution in [-0.2, 0) is 13.0 Å². The van der Waals surface area contributed by atoms with Crippen LogP contribution < -0.4 is 10.9 Å². The van der Waals surface area contributed by atoms with Gasteiger partial charge in [0.25, 0.3) is 5.56 Å². The van der Waals surface area contributed by atoms with Gasteiger partial charge in [0, 0.05) is 19.2 Å². The Balaban J connectivity index is 1.99. The van der Waals surface area contributed by atoms with Gasteiger partial charge in [0.05, 0.1) is 11.9 Å². The summed E-state index contributed by atoms with van der Waals surface area (Å²) in [5.74, 6) is 0. The van der Waals surface area contributed by atoms with E-state index in [4.69, 9.17) is 0 Å². The molecule has 0 fully saturated rings. The predicted octanol–water partition coefficient (Wildman–Crippen LogP) is 2.31. The maximum atomic E-state index is 11.9. The summed E-state index contributed by atoms with van der Waals surface area (Å²) in [6.45, 7) is 3.55. The highest BCUT2D eigenvalue weighted by atomic mass is 16.1. The van der Waals surface area contributed by atoms with Crippen molar-refractivity contribution in [3.05, 3.63) is 58.5 Å². The lowest BCUT2D eigenvalue weighted by molar-refractivity contribution is 0.578. The molecule has 1 aromatic heterocycles. The molecule has 0 amide bonds. The molecule has 0 aliphatic heterocycles. The summed E-state index contributed by atoms with van der Waals surface area (Å²) in [7, 11) is 0. The molecule has 0 saturated carbocycles.